The lowest BCUT2D eigenvalue weighted by atomic mass is 10.1. The molecule has 1 aromatic rings. The molecule has 0 saturated heterocycles. The fraction of sp³-hybridized carbons (Fsp3) is 0.375. The summed E-state index contributed by atoms with van der Waals surface area (Å²) in [5, 5.41) is 2.55. The van der Waals surface area contributed by atoms with Crippen LogP contribution in [-0.4, -0.2) is 10.5 Å². The molecule has 1 heterocycles. The van der Waals surface area contributed by atoms with Gasteiger partial charge in [0.25, 0.3) is 5.56 Å². The zero-order valence-electron chi connectivity index (χ0n) is 13.0. The average Bonchev–Trinajstić information content (AvgIpc) is 2.51. The minimum Gasteiger partial charge on any atom is -0.325 e. The number of allylic oxidation sites excluding steroid dienone is 3. The molecule has 7 heteroatoms. The topological polar surface area (TPSA) is 51.1 Å². The summed E-state index contributed by atoms with van der Waals surface area (Å²) in [5.41, 5.74) is -1.04. The second-order valence-electron chi connectivity index (χ2n) is 4.57. The number of aromatic nitrogens is 1. The summed E-state index contributed by atoms with van der Waals surface area (Å²) >= 11 is 0. The number of alkyl halides is 3. The third-order valence-electron chi connectivity index (χ3n) is 2.90. The zero-order valence-corrected chi connectivity index (χ0v) is 13.0. The number of halogens is 3. The Kier molecular flexibility index (Phi) is 6.81. The Hall–Kier alpha value is -2.31. The summed E-state index contributed by atoms with van der Waals surface area (Å²) in [4.78, 5) is 23.3. The summed E-state index contributed by atoms with van der Waals surface area (Å²) in [6.07, 6.45) is 3.17. The molecule has 1 aliphatic carbocycles. The highest BCUT2D eigenvalue weighted by molar-refractivity contribution is 5.78. The van der Waals surface area contributed by atoms with Crippen LogP contribution in [0.15, 0.2) is 47.0 Å². The van der Waals surface area contributed by atoms with Crippen molar-refractivity contribution in [2.75, 3.05) is 0 Å². The fourth-order valence-corrected chi connectivity index (χ4v) is 1.88. The average molecular weight is 328 g/mol. The summed E-state index contributed by atoms with van der Waals surface area (Å²) in [6.45, 7) is 3.54. The standard InChI is InChI=1S/C14H13F3N2O2.C2H6/c15-14(16,17)10-6-7-13(21)19(8-10)9-12(20)18-11-4-2-1-3-5-11;1-2/h2,4-8H,1,3,9H2,(H,18,20);1-2H3. The molecule has 126 valence electrons. The Morgan fingerprint density at radius 3 is 2.52 bits per heavy atom. The Balaban J connectivity index is 0.00000127. The van der Waals surface area contributed by atoms with Gasteiger partial charge in [0.05, 0.1) is 5.56 Å². The van der Waals surface area contributed by atoms with Gasteiger partial charge in [-0.25, -0.2) is 0 Å². The van der Waals surface area contributed by atoms with Gasteiger partial charge >= 0.3 is 6.18 Å². The molecule has 0 radical (unpaired) electrons. The van der Waals surface area contributed by atoms with Gasteiger partial charge in [-0.2, -0.15) is 13.2 Å². The van der Waals surface area contributed by atoms with Gasteiger partial charge < -0.3 is 9.88 Å². The van der Waals surface area contributed by atoms with Crippen LogP contribution < -0.4 is 10.9 Å². The van der Waals surface area contributed by atoms with E-state index in [2.05, 4.69) is 5.32 Å². The van der Waals surface area contributed by atoms with E-state index in [0.29, 0.717) is 18.0 Å². The van der Waals surface area contributed by atoms with Crippen molar-refractivity contribution in [3.05, 3.63) is 58.2 Å². The number of amides is 1. The molecule has 23 heavy (non-hydrogen) atoms. The van der Waals surface area contributed by atoms with Crippen LogP contribution in [0.1, 0.15) is 32.3 Å². The summed E-state index contributed by atoms with van der Waals surface area (Å²) in [5.74, 6) is -0.547. The number of carbonyl (C=O) groups is 1. The third kappa shape index (κ3) is 5.77. The molecule has 1 aliphatic rings. The lowest BCUT2D eigenvalue weighted by Crippen LogP contribution is -2.32. The number of hydrogen-bond acceptors (Lipinski definition) is 2. The molecule has 0 unspecified atom stereocenters. The molecule has 0 spiro atoms. The van der Waals surface area contributed by atoms with E-state index in [1.54, 1.807) is 6.08 Å². The zero-order chi connectivity index (χ0) is 17.5. The molecule has 0 bridgehead atoms. The van der Waals surface area contributed by atoms with E-state index in [-0.39, 0.29) is 0 Å². The van der Waals surface area contributed by atoms with E-state index in [1.807, 2.05) is 26.0 Å². The van der Waals surface area contributed by atoms with Crippen LogP contribution in [0.4, 0.5) is 13.2 Å². The van der Waals surface area contributed by atoms with E-state index < -0.39 is 29.8 Å². The quantitative estimate of drug-likeness (QED) is 0.926. The first-order valence-electron chi connectivity index (χ1n) is 7.30. The van der Waals surface area contributed by atoms with E-state index in [1.165, 1.54) is 0 Å². The molecule has 0 fully saturated rings. The van der Waals surface area contributed by atoms with Crippen molar-refractivity contribution in [1.82, 2.24) is 9.88 Å². The van der Waals surface area contributed by atoms with Crippen molar-refractivity contribution in [2.45, 2.75) is 39.4 Å². The second kappa shape index (κ2) is 8.36. The monoisotopic (exact) mass is 328 g/mol. The molecule has 2 rings (SSSR count). The lowest BCUT2D eigenvalue weighted by molar-refractivity contribution is -0.138. The fourth-order valence-electron chi connectivity index (χ4n) is 1.88. The van der Waals surface area contributed by atoms with Gasteiger partial charge in [0.2, 0.25) is 5.91 Å². The first kappa shape index (κ1) is 18.7. The summed E-state index contributed by atoms with van der Waals surface area (Å²) < 4.78 is 38.5. The van der Waals surface area contributed by atoms with Gasteiger partial charge in [-0.15, -0.1) is 0 Å². The predicted octanol–water partition coefficient (Wildman–Crippen LogP) is 3.24. The molecular formula is C16H19F3N2O2. The maximum Gasteiger partial charge on any atom is 0.417 e. The highest BCUT2D eigenvalue weighted by atomic mass is 19.4. The number of nitrogens with zero attached hydrogens (tertiary/aromatic N) is 1. The van der Waals surface area contributed by atoms with Crippen molar-refractivity contribution in [3.63, 3.8) is 0 Å². The highest BCUT2D eigenvalue weighted by Gasteiger charge is 2.31. The normalized spacial score (nSPS) is 13.7. The molecule has 1 amide bonds. The van der Waals surface area contributed by atoms with Crippen molar-refractivity contribution in [2.24, 2.45) is 0 Å². The van der Waals surface area contributed by atoms with E-state index in [0.717, 1.165) is 23.5 Å². The largest absolute Gasteiger partial charge is 0.417 e. The summed E-state index contributed by atoms with van der Waals surface area (Å²) in [6, 6.07) is 1.50. The van der Waals surface area contributed by atoms with Crippen LogP contribution in [0.5, 0.6) is 0 Å². The minimum atomic E-state index is -4.55. The Morgan fingerprint density at radius 2 is 1.96 bits per heavy atom. The first-order chi connectivity index (χ1) is 10.9. The smallest absolute Gasteiger partial charge is 0.325 e. The first-order valence-corrected chi connectivity index (χ1v) is 7.30. The second-order valence-corrected chi connectivity index (χ2v) is 4.57. The van der Waals surface area contributed by atoms with Gasteiger partial charge in [-0.3, -0.25) is 9.59 Å². The molecular weight excluding hydrogens is 309 g/mol. The van der Waals surface area contributed by atoms with Crippen LogP contribution >= 0.6 is 0 Å². The molecule has 4 nitrogen and oxygen atoms in total. The van der Waals surface area contributed by atoms with Gasteiger partial charge in [-0.1, -0.05) is 26.0 Å². The van der Waals surface area contributed by atoms with Crippen molar-refractivity contribution < 1.29 is 18.0 Å². The van der Waals surface area contributed by atoms with Crippen molar-refractivity contribution >= 4 is 5.91 Å². The Labute approximate surface area is 132 Å². The van der Waals surface area contributed by atoms with E-state index in [9.17, 15) is 22.8 Å². The minimum absolute atomic E-state index is 0.464. The van der Waals surface area contributed by atoms with E-state index in [4.69, 9.17) is 0 Å². The Morgan fingerprint density at radius 1 is 1.26 bits per heavy atom. The molecule has 0 aromatic carbocycles. The maximum atomic E-state index is 12.6. The van der Waals surface area contributed by atoms with Crippen LogP contribution in [0.25, 0.3) is 0 Å². The number of nitrogens with one attached hydrogen (secondary N) is 1. The van der Waals surface area contributed by atoms with Crippen molar-refractivity contribution in [3.8, 4) is 0 Å². The van der Waals surface area contributed by atoms with Gasteiger partial charge in [-0.05, 0) is 25.0 Å². The Bertz CT molecular complexity index is 658. The number of rotatable bonds is 3. The van der Waals surface area contributed by atoms with Gasteiger partial charge in [0.1, 0.15) is 6.54 Å². The van der Waals surface area contributed by atoms with Crippen LogP contribution in [-0.2, 0) is 17.5 Å². The molecule has 0 aliphatic heterocycles. The van der Waals surface area contributed by atoms with E-state index >= 15 is 0 Å². The predicted molar refractivity (Wildman–Crippen MR) is 81.7 cm³/mol. The lowest BCUT2D eigenvalue weighted by Gasteiger charge is -2.12. The van der Waals surface area contributed by atoms with Crippen LogP contribution in [0.3, 0.4) is 0 Å². The van der Waals surface area contributed by atoms with Crippen LogP contribution in [0.2, 0.25) is 0 Å². The molecule has 1 N–H and O–H groups in total. The SMILES string of the molecule is CC.O=C(Cn1cc(C(F)(F)F)ccc1=O)NC1=CCCC=C1. The van der Waals surface area contributed by atoms with Crippen LogP contribution in [0, 0.1) is 0 Å². The highest BCUT2D eigenvalue weighted by Crippen LogP contribution is 2.27. The molecule has 0 atom stereocenters. The number of carbonyl (C=O) groups excluding carboxylic acids is 1. The molecule has 0 saturated carbocycles. The summed E-state index contributed by atoms with van der Waals surface area (Å²) in [7, 11) is 0. The molecule has 1 aromatic heterocycles. The number of pyridine rings is 1. The van der Waals surface area contributed by atoms with Gasteiger partial charge in [0.15, 0.2) is 0 Å². The number of hydrogen-bond donors (Lipinski definition) is 1. The third-order valence-corrected chi connectivity index (χ3v) is 2.90. The van der Waals surface area contributed by atoms with Crippen molar-refractivity contribution in [1.29, 1.82) is 0 Å². The maximum absolute atomic E-state index is 12.6. The van der Waals surface area contributed by atoms with Gasteiger partial charge in [0, 0.05) is 18.0 Å².